The summed E-state index contributed by atoms with van der Waals surface area (Å²) in [4.78, 5) is 17.8. The van der Waals surface area contributed by atoms with Gasteiger partial charge in [0.1, 0.15) is 12.2 Å². The van der Waals surface area contributed by atoms with Gasteiger partial charge in [-0.15, -0.1) is 11.8 Å². The van der Waals surface area contributed by atoms with Gasteiger partial charge in [0.2, 0.25) is 0 Å². The fourth-order valence-corrected chi connectivity index (χ4v) is 3.56. The normalized spacial score (nSPS) is 17.4. The molecule has 19 heavy (non-hydrogen) atoms. The SMILES string of the molecule is CCn1ncnc1CC(=O)C1Cc2ccccc2S1. The fraction of sp³-hybridized carbons (Fsp3) is 0.357. The van der Waals surface area contributed by atoms with E-state index in [1.165, 1.54) is 16.8 Å². The zero-order valence-corrected chi connectivity index (χ0v) is 11.6. The monoisotopic (exact) mass is 273 g/mol. The molecule has 1 aliphatic rings. The lowest BCUT2D eigenvalue weighted by Gasteiger charge is -2.07. The quantitative estimate of drug-likeness (QED) is 0.856. The molecule has 2 heterocycles. The number of aromatic nitrogens is 3. The van der Waals surface area contributed by atoms with E-state index in [1.807, 2.05) is 19.1 Å². The standard InChI is InChI=1S/C14H15N3OS/c1-2-17-14(15-9-16-17)8-11(18)13-7-10-5-3-4-6-12(10)19-13/h3-6,9,13H,2,7-8H2,1H3. The summed E-state index contributed by atoms with van der Waals surface area (Å²) in [5.74, 6) is 1.01. The van der Waals surface area contributed by atoms with Gasteiger partial charge in [0, 0.05) is 11.4 Å². The number of Topliss-reactive ketones (excluding diaryl/α,β-unsaturated/α-hetero) is 1. The highest BCUT2D eigenvalue weighted by Crippen LogP contribution is 2.37. The lowest BCUT2D eigenvalue weighted by molar-refractivity contribution is -0.118. The maximum atomic E-state index is 12.3. The molecule has 2 aromatic rings. The first-order valence-corrected chi connectivity index (χ1v) is 7.30. The minimum absolute atomic E-state index is 0.0272. The Morgan fingerprint density at radius 1 is 1.47 bits per heavy atom. The lowest BCUT2D eigenvalue weighted by atomic mass is 10.1. The van der Waals surface area contributed by atoms with Gasteiger partial charge in [-0.2, -0.15) is 5.10 Å². The van der Waals surface area contributed by atoms with E-state index in [0.29, 0.717) is 6.42 Å². The number of ketones is 1. The molecule has 5 heteroatoms. The molecule has 3 rings (SSSR count). The van der Waals surface area contributed by atoms with Crippen LogP contribution in [0.2, 0.25) is 0 Å². The van der Waals surface area contributed by atoms with Crippen LogP contribution in [0.3, 0.4) is 0 Å². The van der Waals surface area contributed by atoms with Crippen LogP contribution in [0.1, 0.15) is 18.3 Å². The summed E-state index contributed by atoms with van der Waals surface area (Å²) < 4.78 is 1.78. The van der Waals surface area contributed by atoms with Gasteiger partial charge in [-0.1, -0.05) is 18.2 Å². The van der Waals surface area contributed by atoms with Crippen molar-refractivity contribution >= 4 is 17.5 Å². The molecule has 1 atom stereocenters. The molecule has 0 amide bonds. The highest BCUT2D eigenvalue weighted by atomic mass is 32.2. The van der Waals surface area contributed by atoms with Gasteiger partial charge in [-0.05, 0) is 25.0 Å². The first-order valence-electron chi connectivity index (χ1n) is 6.42. The number of fused-ring (bicyclic) bond motifs is 1. The van der Waals surface area contributed by atoms with E-state index in [2.05, 4.69) is 22.2 Å². The summed E-state index contributed by atoms with van der Waals surface area (Å²) in [5, 5.41) is 4.13. The Labute approximate surface area is 116 Å². The van der Waals surface area contributed by atoms with Crippen LogP contribution in [0.4, 0.5) is 0 Å². The average molecular weight is 273 g/mol. The van der Waals surface area contributed by atoms with Crippen molar-refractivity contribution in [3.8, 4) is 0 Å². The molecule has 1 aliphatic heterocycles. The summed E-state index contributed by atoms with van der Waals surface area (Å²) >= 11 is 1.67. The second-order valence-electron chi connectivity index (χ2n) is 4.55. The van der Waals surface area contributed by atoms with Crippen molar-refractivity contribution in [3.05, 3.63) is 42.0 Å². The first kappa shape index (κ1) is 12.4. The summed E-state index contributed by atoms with van der Waals surface area (Å²) in [5.41, 5.74) is 1.28. The Morgan fingerprint density at radius 2 is 2.32 bits per heavy atom. The van der Waals surface area contributed by atoms with E-state index >= 15 is 0 Å². The molecular formula is C14H15N3OS. The predicted octanol–water partition coefficient (Wildman–Crippen LogP) is 2.13. The summed E-state index contributed by atoms with van der Waals surface area (Å²) in [6, 6.07) is 8.23. The average Bonchev–Trinajstić information content (AvgIpc) is 3.03. The number of rotatable bonds is 4. The molecule has 0 radical (unpaired) electrons. The Hall–Kier alpha value is -1.62. The third-order valence-corrected chi connectivity index (χ3v) is 4.70. The number of hydrogen-bond donors (Lipinski definition) is 0. The summed E-state index contributed by atoms with van der Waals surface area (Å²) in [6.45, 7) is 2.75. The number of nitrogens with zero attached hydrogens (tertiary/aromatic N) is 3. The topological polar surface area (TPSA) is 47.8 Å². The van der Waals surface area contributed by atoms with Crippen molar-refractivity contribution < 1.29 is 4.79 Å². The van der Waals surface area contributed by atoms with Crippen molar-refractivity contribution in [1.82, 2.24) is 14.8 Å². The minimum Gasteiger partial charge on any atom is -0.298 e. The van der Waals surface area contributed by atoms with Gasteiger partial charge >= 0.3 is 0 Å². The molecule has 0 N–H and O–H groups in total. The van der Waals surface area contributed by atoms with Crippen molar-refractivity contribution in [1.29, 1.82) is 0 Å². The van der Waals surface area contributed by atoms with Crippen molar-refractivity contribution in [2.75, 3.05) is 0 Å². The summed E-state index contributed by atoms with van der Waals surface area (Å²) in [7, 11) is 0. The van der Waals surface area contributed by atoms with Gasteiger partial charge in [-0.25, -0.2) is 9.67 Å². The number of carbonyl (C=O) groups is 1. The Balaban J connectivity index is 1.70. The molecule has 0 saturated heterocycles. The lowest BCUT2D eigenvalue weighted by Crippen LogP contribution is -2.21. The Bertz CT molecular complexity index is 583. The second kappa shape index (κ2) is 5.17. The van der Waals surface area contributed by atoms with Gasteiger partial charge in [-0.3, -0.25) is 4.79 Å². The second-order valence-corrected chi connectivity index (χ2v) is 5.80. The van der Waals surface area contributed by atoms with Crippen LogP contribution in [0.5, 0.6) is 0 Å². The zero-order chi connectivity index (χ0) is 13.2. The largest absolute Gasteiger partial charge is 0.298 e. The zero-order valence-electron chi connectivity index (χ0n) is 10.7. The third kappa shape index (κ3) is 2.42. The first-order chi connectivity index (χ1) is 9.28. The van der Waals surface area contributed by atoms with Crippen LogP contribution in [0.25, 0.3) is 0 Å². The molecule has 0 fully saturated rings. The van der Waals surface area contributed by atoms with Crippen molar-refractivity contribution in [3.63, 3.8) is 0 Å². The molecule has 98 valence electrons. The van der Waals surface area contributed by atoms with Crippen LogP contribution >= 0.6 is 11.8 Å². The Morgan fingerprint density at radius 3 is 3.11 bits per heavy atom. The predicted molar refractivity (Wildman–Crippen MR) is 74.2 cm³/mol. The maximum Gasteiger partial charge on any atom is 0.154 e. The molecule has 1 aromatic heterocycles. The summed E-state index contributed by atoms with van der Waals surface area (Å²) in [6.07, 6.45) is 2.72. The molecule has 0 saturated carbocycles. The van der Waals surface area contributed by atoms with Gasteiger partial charge in [0.25, 0.3) is 0 Å². The number of carbonyl (C=O) groups excluding carboxylic acids is 1. The van der Waals surface area contributed by atoms with E-state index in [1.54, 1.807) is 16.4 Å². The van der Waals surface area contributed by atoms with Crippen LogP contribution in [0, 0.1) is 0 Å². The van der Waals surface area contributed by atoms with Crippen molar-refractivity contribution in [2.45, 2.75) is 36.5 Å². The molecule has 1 unspecified atom stereocenters. The van der Waals surface area contributed by atoms with Crippen LogP contribution < -0.4 is 0 Å². The van der Waals surface area contributed by atoms with Gasteiger partial charge < -0.3 is 0 Å². The molecule has 1 aromatic carbocycles. The molecule has 0 spiro atoms. The number of hydrogen-bond acceptors (Lipinski definition) is 4. The molecule has 0 bridgehead atoms. The number of benzene rings is 1. The van der Waals surface area contributed by atoms with E-state index < -0.39 is 0 Å². The minimum atomic E-state index is 0.0272. The van der Waals surface area contributed by atoms with Gasteiger partial charge in [0.15, 0.2) is 5.78 Å². The van der Waals surface area contributed by atoms with Crippen LogP contribution in [-0.4, -0.2) is 25.8 Å². The van der Waals surface area contributed by atoms with Crippen LogP contribution in [-0.2, 0) is 24.2 Å². The van der Waals surface area contributed by atoms with E-state index in [9.17, 15) is 4.79 Å². The van der Waals surface area contributed by atoms with E-state index in [-0.39, 0.29) is 11.0 Å². The number of aryl methyl sites for hydroxylation is 1. The Kier molecular flexibility index (Phi) is 3.38. The van der Waals surface area contributed by atoms with Gasteiger partial charge in [0.05, 0.1) is 11.7 Å². The molecular weight excluding hydrogens is 258 g/mol. The van der Waals surface area contributed by atoms with Crippen molar-refractivity contribution in [2.24, 2.45) is 0 Å². The fourth-order valence-electron chi connectivity index (χ4n) is 2.32. The third-order valence-electron chi connectivity index (χ3n) is 3.33. The smallest absolute Gasteiger partial charge is 0.154 e. The van der Waals surface area contributed by atoms with Crippen LogP contribution in [0.15, 0.2) is 35.5 Å². The highest BCUT2D eigenvalue weighted by molar-refractivity contribution is 8.01. The highest BCUT2D eigenvalue weighted by Gasteiger charge is 2.28. The van der Waals surface area contributed by atoms with E-state index in [4.69, 9.17) is 0 Å². The maximum absolute atomic E-state index is 12.3. The molecule has 4 nitrogen and oxygen atoms in total. The molecule has 0 aliphatic carbocycles. The van der Waals surface area contributed by atoms with E-state index in [0.717, 1.165) is 18.8 Å². The number of thioether (sulfide) groups is 1.